The average Bonchev–Trinajstić information content (AvgIpc) is 3.14. The quantitative estimate of drug-likeness (QED) is 0.943. The molecule has 1 aromatic heterocycles. The van der Waals surface area contributed by atoms with Crippen LogP contribution in [0.3, 0.4) is 0 Å². The number of carbonyl (C=O) groups excluding carboxylic acids is 1. The third-order valence-corrected chi connectivity index (χ3v) is 4.18. The molecule has 0 spiro atoms. The average molecular weight is 301 g/mol. The summed E-state index contributed by atoms with van der Waals surface area (Å²) in [6, 6.07) is 6.66. The van der Waals surface area contributed by atoms with Gasteiger partial charge in [-0.1, -0.05) is 18.2 Å². The Hall–Kier alpha value is -2.17. The molecule has 1 saturated heterocycles. The summed E-state index contributed by atoms with van der Waals surface area (Å²) < 4.78 is 13.6. The summed E-state index contributed by atoms with van der Waals surface area (Å²) in [5, 5.41) is 0. The molecule has 3 rings (SSSR count). The molecule has 0 aliphatic carbocycles. The molecule has 0 saturated carbocycles. The van der Waals surface area contributed by atoms with Gasteiger partial charge in [-0.15, -0.1) is 0 Å². The number of aromatic nitrogens is 2. The standard InChI is InChI=1S/C17H20FN3O/c1-12-11-19-17(20-12)15-7-4-10-21(15)16(22)9-8-13-5-2-3-6-14(13)18/h2-3,5-6,11,15H,4,7-10H2,1H3,(H,19,20)/t15-/m0/s1. The van der Waals surface area contributed by atoms with Crippen LogP contribution in [0, 0.1) is 12.7 Å². The molecule has 0 radical (unpaired) electrons. The maximum absolute atomic E-state index is 13.6. The molecule has 1 fully saturated rings. The maximum Gasteiger partial charge on any atom is 0.223 e. The van der Waals surface area contributed by atoms with Crippen molar-refractivity contribution in [1.82, 2.24) is 14.9 Å². The molecular formula is C17H20FN3O. The van der Waals surface area contributed by atoms with Crippen LogP contribution in [0.4, 0.5) is 4.39 Å². The Kier molecular flexibility index (Phi) is 4.22. The number of rotatable bonds is 4. The smallest absolute Gasteiger partial charge is 0.223 e. The summed E-state index contributed by atoms with van der Waals surface area (Å²) in [4.78, 5) is 21.9. The van der Waals surface area contributed by atoms with E-state index in [1.165, 1.54) is 6.07 Å². The molecule has 0 bridgehead atoms. The highest BCUT2D eigenvalue weighted by molar-refractivity contribution is 5.77. The number of hydrogen-bond donors (Lipinski definition) is 1. The second-order valence-electron chi connectivity index (χ2n) is 5.79. The van der Waals surface area contributed by atoms with E-state index in [4.69, 9.17) is 0 Å². The highest BCUT2D eigenvalue weighted by Gasteiger charge is 2.31. The molecule has 2 aromatic rings. The fraction of sp³-hybridized carbons (Fsp3) is 0.412. The van der Waals surface area contributed by atoms with Crippen molar-refractivity contribution < 1.29 is 9.18 Å². The molecule has 1 atom stereocenters. The van der Waals surface area contributed by atoms with E-state index in [9.17, 15) is 9.18 Å². The van der Waals surface area contributed by atoms with E-state index in [-0.39, 0.29) is 17.8 Å². The van der Waals surface area contributed by atoms with Crippen LogP contribution in [0.15, 0.2) is 30.5 Å². The molecule has 1 aliphatic rings. The molecule has 2 heterocycles. The van der Waals surface area contributed by atoms with Crippen LogP contribution in [0.25, 0.3) is 0 Å². The predicted octanol–water partition coefficient (Wildman–Crippen LogP) is 3.15. The first kappa shape index (κ1) is 14.8. The Morgan fingerprint density at radius 2 is 2.27 bits per heavy atom. The number of aryl methyl sites for hydroxylation is 2. The lowest BCUT2D eigenvalue weighted by Crippen LogP contribution is -2.31. The number of imidazole rings is 1. The lowest BCUT2D eigenvalue weighted by Gasteiger charge is -2.23. The number of H-pyrrole nitrogens is 1. The summed E-state index contributed by atoms with van der Waals surface area (Å²) in [6.45, 7) is 2.70. The van der Waals surface area contributed by atoms with Gasteiger partial charge in [0.2, 0.25) is 5.91 Å². The Labute approximate surface area is 129 Å². The Morgan fingerprint density at radius 3 is 3.00 bits per heavy atom. The van der Waals surface area contributed by atoms with Gasteiger partial charge in [-0.25, -0.2) is 9.37 Å². The number of benzene rings is 1. The van der Waals surface area contributed by atoms with Gasteiger partial charge in [-0.2, -0.15) is 0 Å². The van der Waals surface area contributed by atoms with Gasteiger partial charge in [-0.3, -0.25) is 4.79 Å². The summed E-state index contributed by atoms with van der Waals surface area (Å²) in [5.41, 5.74) is 1.60. The molecule has 116 valence electrons. The molecule has 1 aromatic carbocycles. The van der Waals surface area contributed by atoms with Gasteiger partial charge >= 0.3 is 0 Å². The molecule has 1 N–H and O–H groups in total. The third-order valence-electron chi connectivity index (χ3n) is 4.18. The second kappa shape index (κ2) is 6.30. The predicted molar refractivity (Wildman–Crippen MR) is 81.7 cm³/mol. The van der Waals surface area contributed by atoms with Crippen LogP contribution in [-0.2, 0) is 11.2 Å². The summed E-state index contributed by atoms with van der Waals surface area (Å²) in [6.07, 6.45) is 4.47. The summed E-state index contributed by atoms with van der Waals surface area (Å²) in [7, 11) is 0. The van der Waals surface area contributed by atoms with Gasteiger partial charge in [0.05, 0.1) is 6.04 Å². The number of aromatic amines is 1. The van der Waals surface area contributed by atoms with E-state index in [1.807, 2.05) is 11.8 Å². The first-order chi connectivity index (χ1) is 10.6. The van der Waals surface area contributed by atoms with E-state index >= 15 is 0 Å². The Morgan fingerprint density at radius 1 is 1.45 bits per heavy atom. The Bertz CT molecular complexity index is 667. The van der Waals surface area contributed by atoms with Crippen LogP contribution in [0.1, 0.15) is 42.4 Å². The van der Waals surface area contributed by atoms with Gasteiger partial charge in [0, 0.05) is 24.9 Å². The number of amides is 1. The van der Waals surface area contributed by atoms with Gasteiger partial charge in [0.1, 0.15) is 11.6 Å². The number of carbonyl (C=O) groups is 1. The Balaban J connectivity index is 1.65. The zero-order chi connectivity index (χ0) is 15.5. The lowest BCUT2D eigenvalue weighted by atomic mass is 10.1. The molecule has 0 unspecified atom stereocenters. The molecule has 1 amide bonds. The number of likely N-dealkylation sites (tertiary alicyclic amines) is 1. The first-order valence-corrected chi connectivity index (χ1v) is 7.69. The van der Waals surface area contributed by atoms with E-state index in [1.54, 1.807) is 24.4 Å². The van der Waals surface area contributed by atoms with Crippen LogP contribution < -0.4 is 0 Å². The summed E-state index contributed by atoms with van der Waals surface area (Å²) >= 11 is 0. The highest BCUT2D eigenvalue weighted by Crippen LogP contribution is 2.30. The number of halogens is 1. The fourth-order valence-corrected chi connectivity index (χ4v) is 3.04. The zero-order valence-corrected chi connectivity index (χ0v) is 12.7. The molecule has 1 aliphatic heterocycles. The minimum absolute atomic E-state index is 0.0295. The molecule has 5 heteroatoms. The normalized spacial score (nSPS) is 17.9. The van der Waals surface area contributed by atoms with Gasteiger partial charge in [-0.05, 0) is 37.8 Å². The largest absolute Gasteiger partial charge is 0.344 e. The van der Waals surface area contributed by atoms with E-state index in [0.717, 1.165) is 30.9 Å². The van der Waals surface area contributed by atoms with Crippen molar-refractivity contribution in [3.63, 3.8) is 0 Å². The second-order valence-corrected chi connectivity index (χ2v) is 5.79. The van der Waals surface area contributed by atoms with Gasteiger partial charge in [0.25, 0.3) is 0 Å². The van der Waals surface area contributed by atoms with Crippen LogP contribution in [0.5, 0.6) is 0 Å². The number of hydrogen-bond acceptors (Lipinski definition) is 2. The fourth-order valence-electron chi connectivity index (χ4n) is 3.04. The van der Waals surface area contributed by atoms with Crippen molar-refractivity contribution in [3.05, 3.63) is 53.4 Å². The van der Waals surface area contributed by atoms with E-state index in [0.29, 0.717) is 18.4 Å². The molecule has 4 nitrogen and oxygen atoms in total. The lowest BCUT2D eigenvalue weighted by molar-refractivity contribution is -0.132. The monoisotopic (exact) mass is 301 g/mol. The minimum atomic E-state index is -0.241. The first-order valence-electron chi connectivity index (χ1n) is 7.69. The third kappa shape index (κ3) is 3.03. The van der Waals surface area contributed by atoms with E-state index in [2.05, 4.69) is 9.97 Å². The van der Waals surface area contributed by atoms with Crippen molar-refractivity contribution in [3.8, 4) is 0 Å². The number of nitrogens with zero attached hydrogens (tertiary/aromatic N) is 2. The SMILES string of the molecule is Cc1cnc([C@@H]2CCCN2C(=O)CCc2ccccc2F)[nH]1. The van der Waals surface area contributed by atoms with Gasteiger partial charge < -0.3 is 9.88 Å². The van der Waals surface area contributed by atoms with Crippen molar-refractivity contribution in [2.75, 3.05) is 6.54 Å². The van der Waals surface area contributed by atoms with Crippen LogP contribution >= 0.6 is 0 Å². The van der Waals surface area contributed by atoms with Crippen molar-refractivity contribution in [2.24, 2.45) is 0 Å². The molecule has 22 heavy (non-hydrogen) atoms. The minimum Gasteiger partial charge on any atom is -0.344 e. The van der Waals surface area contributed by atoms with Crippen LogP contribution in [0.2, 0.25) is 0 Å². The topological polar surface area (TPSA) is 49.0 Å². The van der Waals surface area contributed by atoms with Crippen molar-refractivity contribution in [1.29, 1.82) is 0 Å². The molecular weight excluding hydrogens is 281 g/mol. The van der Waals surface area contributed by atoms with E-state index < -0.39 is 0 Å². The van der Waals surface area contributed by atoms with Crippen LogP contribution in [-0.4, -0.2) is 27.3 Å². The van der Waals surface area contributed by atoms with Gasteiger partial charge in [0.15, 0.2) is 0 Å². The maximum atomic E-state index is 13.6. The van der Waals surface area contributed by atoms with Crippen molar-refractivity contribution >= 4 is 5.91 Å². The number of nitrogens with one attached hydrogen (secondary N) is 1. The highest BCUT2D eigenvalue weighted by atomic mass is 19.1. The van der Waals surface area contributed by atoms with Crippen molar-refractivity contribution in [2.45, 2.75) is 38.6 Å². The zero-order valence-electron chi connectivity index (χ0n) is 12.7. The summed E-state index contributed by atoms with van der Waals surface area (Å²) in [5.74, 6) is 0.684.